The molecule has 2 aromatic carbocycles. The molecule has 1 unspecified atom stereocenters. The van der Waals surface area contributed by atoms with Crippen molar-refractivity contribution in [3.8, 4) is 11.5 Å². The fourth-order valence-corrected chi connectivity index (χ4v) is 3.94. The fraction of sp³-hybridized carbons (Fsp3) is 0.263. The average Bonchev–Trinajstić information content (AvgIpc) is 2.75. The molecule has 1 N–H and O–H groups in total. The second-order valence-corrected chi connectivity index (χ2v) is 8.21. The SMILES string of the molecule is COC(=O)C(F)Cc1cc(Br)c(Oc2ccc(NC(=O)C(F)(F)C(F)F)c([N+](=O)[O-])c2)c(Br)c1. The third-order valence-electron chi connectivity index (χ3n) is 4.14. The van der Waals surface area contributed by atoms with Crippen molar-refractivity contribution >= 4 is 55.1 Å². The van der Waals surface area contributed by atoms with Crippen LogP contribution in [0, 0.1) is 10.1 Å². The Bertz CT molecular complexity index is 1100. The van der Waals surface area contributed by atoms with Crippen LogP contribution in [0.4, 0.5) is 33.3 Å². The lowest BCUT2D eigenvalue weighted by Gasteiger charge is -2.16. The molecule has 2 aromatic rings. The number of nitro groups is 1. The topological polar surface area (TPSA) is 108 Å². The molecule has 0 aromatic heterocycles. The number of methoxy groups -OCH3 is 1. The Morgan fingerprint density at radius 3 is 2.24 bits per heavy atom. The van der Waals surface area contributed by atoms with Crippen LogP contribution in [0.2, 0.25) is 0 Å². The molecular weight excluding hydrogens is 607 g/mol. The fourth-order valence-electron chi connectivity index (χ4n) is 2.50. The number of nitrogens with zero attached hydrogens (tertiary/aromatic N) is 1. The van der Waals surface area contributed by atoms with Gasteiger partial charge in [-0.05, 0) is 61.7 Å². The van der Waals surface area contributed by atoms with E-state index in [0.29, 0.717) is 5.56 Å². The maximum absolute atomic E-state index is 13.8. The number of hydrogen-bond acceptors (Lipinski definition) is 6. The molecule has 0 fully saturated rings. The van der Waals surface area contributed by atoms with E-state index in [2.05, 4.69) is 36.6 Å². The minimum atomic E-state index is -5.06. The largest absolute Gasteiger partial charge is 0.467 e. The summed E-state index contributed by atoms with van der Waals surface area (Å²) in [5, 5.41) is 12.7. The Balaban J connectivity index is 2.31. The van der Waals surface area contributed by atoms with Crippen LogP contribution < -0.4 is 10.1 Å². The summed E-state index contributed by atoms with van der Waals surface area (Å²) in [6.45, 7) is 0. The molecule has 184 valence electrons. The summed E-state index contributed by atoms with van der Waals surface area (Å²) in [7, 11) is 1.04. The number of nitro benzene ring substituents is 1. The number of nitrogens with one attached hydrogen (secondary N) is 1. The number of esters is 1. The highest BCUT2D eigenvalue weighted by molar-refractivity contribution is 9.11. The van der Waals surface area contributed by atoms with Crippen molar-refractivity contribution in [2.75, 3.05) is 12.4 Å². The zero-order valence-corrected chi connectivity index (χ0v) is 20.0. The lowest BCUT2D eigenvalue weighted by atomic mass is 10.1. The number of alkyl halides is 5. The van der Waals surface area contributed by atoms with E-state index in [9.17, 15) is 41.7 Å². The molecular formula is C19H13Br2F5N2O6. The highest BCUT2D eigenvalue weighted by Crippen LogP contribution is 2.40. The van der Waals surface area contributed by atoms with Gasteiger partial charge in [0.05, 0.1) is 27.0 Å². The Kier molecular flexibility index (Phi) is 8.94. The Morgan fingerprint density at radius 2 is 1.74 bits per heavy atom. The van der Waals surface area contributed by atoms with Crippen molar-refractivity contribution in [1.29, 1.82) is 0 Å². The van der Waals surface area contributed by atoms with E-state index in [4.69, 9.17) is 4.74 Å². The average molecular weight is 620 g/mol. The maximum atomic E-state index is 13.8. The quantitative estimate of drug-likeness (QED) is 0.164. The summed E-state index contributed by atoms with van der Waals surface area (Å²) in [5.74, 6) is -8.64. The van der Waals surface area contributed by atoms with Crippen LogP contribution in [-0.2, 0) is 20.7 Å². The lowest BCUT2D eigenvalue weighted by Crippen LogP contribution is -2.41. The van der Waals surface area contributed by atoms with Crippen LogP contribution in [0.3, 0.4) is 0 Å². The highest BCUT2D eigenvalue weighted by atomic mass is 79.9. The van der Waals surface area contributed by atoms with E-state index < -0.39 is 46.7 Å². The van der Waals surface area contributed by atoms with Gasteiger partial charge in [0.25, 0.3) is 5.69 Å². The summed E-state index contributed by atoms with van der Waals surface area (Å²) < 4.78 is 75.3. The van der Waals surface area contributed by atoms with Crippen LogP contribution >= 0.6 is 31.9 Å². The van der Waals surface area contributed by atoms with Gasteiger partial charge in [-0.3, -0.25) is 14.9 Å². The summed E-state index contributed by atoms with van der Waals surface area (Å²) in [5.41, 5.74) is -1.29. The van der Waals surface area contributed by atoms with Gasteiger partial charge in [-0.15, -0.1) is 0 Å². The van der Waals surface area contributed by atoms with Crippen LogP contribution in [0.5, 0.6) is 11.5 Å². The number of anilines is 1. The lowest BCUT2D eigenvalue weighted by molar-refractivity contribution is -0.384. The van der Waals surface area contributed by atoms with Gasteiger partial charge in [0.2, 0.25) is 6.17 Å². The first-order chi connectivity index (χ1) is 15.8. The molecule has 2 rings (SSSR count). The predicted molar refractivity (Wildman–Crippen MR) is 115 cm³/mol. The van der Waals surface area contributed by atoms with E-state index in [0.717, 1.165) is 25.3 Å². The monoisotopic (exact) mass is 618 g/mol. The number of rotatable bonds is 9. The first-order valence-corrected chi connectivity index (χ1v) is 10.5. The molecule has 0 heterocycles. The van der Waals surface area contributed by atoms with Crippen molar-refractivity contribution in [3.05, 3.63) is 55.0 Å². The molecule has 34 heavy (non-hydrogen) atoms. The molecule has 1 atom stereocenters. The standard InChI is InChI=1S/C19H13Br2F5N2O6/c1-33-16(29)12(22)6-8-4-10(20)15(11(21)5-8)34-9-2-3-13(14(7-9)28(31)32)27-18(30)19(25,26)17(23)24/h2-5,7,12,17H,6H2,1H3,(H,27,30). The van der Waals surface area contributed by atoms with Crippen LogP contribution in [0.25, 0.3) is 0 Å². The van der Waals surface area contributed by atoms with Crippen molar-refractivity contribution in [2.24, 2.45) is 0 Å². The second-order valence-electron chi connectivity index (χ2n) is 6.50. The smallest absolute Gasteiger partial charge is 0.383 e. The maximum Gasteiger partial charge on any atom is 0.383 e. The highest BCUT2D eigenvalue weighted by Gasteiger charge is 2.49. The van der Waals surface area contributed by atoms with E-state index in [1.807, 2.05) is 0 Å². The molecule has 15 heteroatoms. The summed E-state index contributed by atoms with van der Waals surface area (Å²) in [6, 6.07) is 5.51. The van der Waals surface area contributed by atoms with Gasteiger partial charge in [-0.1, -0.05) is 0 Å². The number of halogens is 7. The van der Waals surface area contributed by atoms with Crippen LogP contribution in [0.15, 0.2) is 39.3 Å². The molecule has 0 aliphatic rings. The first kappa shape index (κ1) is 27.4. The van der Waals surface area contributed by atoms with Crippen LogP contribution in [0.1, 0.15) is 5.56 Å². The normalized spacial score (nSPS) is 12.3. The van der Waals surface area contributed by atoms with E-state index in [-0.39, 0.29) is 26.9 Å². The van der Waals surface area contributed by atoms with Gasteiger partial charge in [0, 0.05) is 6.42 Å². The molecule has 0 radical (unpaired) electrons. The number of hydrogen-bond donors (Lipinski definition) is 1. The van der Waals surface area contributed by atoms with E-state index >= 15 is 0 Å². The van der Waals surface area contributed by atoms with E-state index in [1.54, 1.807) is 0 Å². The Hall–Kier alpha value is -2.81. The van der Waals surface area contributed by atoms with E-state index in [1.165, 1.54) is 17.4 Å². The Labute approximate surface area is 204 Å². The van der Waals surface area contributed by atoms with Gasteiger partial charge in [-0.25, -0.2) is 18.0 Å². The van der Waals surface area contributed by atoms with Gasteiger partial charge in [0.15, 0.2) is 5.75 Å². The van der Waals surface area contributed by atoms with Gasteiger partial charge in [0.1, 0.15) is 11.4 Å². The minimum Gasteiger partial charge on any atom is -0.467 e. The van der Waals surface area contributed by atoms with Crippen molar-refractivity contribution in [1.82, 2.24) is 0 Å². The molecule has 0 bridgehead atoms. The zero-order chi connectivity index (χ0) is 25.8. The van der Waals surface area contributed by atoms with Crippen LogP contribution in [-0.4, -0.2) is 42.4 Å². The van der Waals surface area contributed by atoms with Crippen molar-refractivity contribution < 1.29 is 45.9 Å². The molecule has 1 amide bonds. The third-order valence-corrected chi connectivity index (χ3v) is 5.32. The van der Waals surface area contributed by atoms with Crippen molar-refractivity contribution in [3.63, 3.8) is 0 Å². The minimum absolute atomic E-state index is 0.0764. The second kappa shape index (κ2) is 11.1. The zero-order valence-electron chi connectivity index (χ0n) is 16.8. The van der Waals surface area contributed by atoms with Gasteiger partial charge < -0.3 is 14.8 Å². The predicted octanol–water partition coefficient (Wildman–Crippen LogP) is 5.80. The molecule has 8 nitrogen and oxygen atoms in total. The van der Waals surface area contributed by atoms with Crippen molar-refractivity contribution in [2.45, 2.75) is 24.9 Å². The molecule has 0 saturated heterocycles. The number of ether oxygens (including phenoxy) is 2. The first-order valence-electron chi connectivity index (χ1n) is 8.91. The van der Waals surface area contributed by atoms with Gasteiger partial charge >= 0.3 is 24.2 Å². The number of amides is 1. The summed E-state index contributed by atoms with van der Waals surface area (Å²) in [4.78, 5) is 33.0. The molecule has 0 spiro atoms. The number of carbonyl (C=O) groups is 2. The summed E-state index contributed by atoms with van der Waals surface area (Å²) in [6.07, 6.45) is -6.54. The molecule has 0 saturated carbocycles. The van der Waals surface area contributed by atoms with Gasteiger partial charge in [-0.2, -0.15) is 8.78 Å². The number of benzene rings is 2. The molecule has 0 aliphatic heterocycles. The number of carbonyl (C=O) groups excluding carboxylic acids is 2. The molecule has 0 aliphatic carbocycles. The third kappa shape index (κ3) is 6.40. The summed E-state index contributed by atoms with van der Waals surface area (Å²) >= 11 is 6.38. The Morgan fingerprint density at radius 1 is 1.15 bits per heavy atom.